The van der Waals surface area contributed by atoms with Crippen molar-refractivity contribution in [3.63, 3.8) is 0 Å². The number of nitrogens with two attached hydrogens (primary N) is 1. The summed E-state index contributed by atoms with van der Waals surface area (Å²) in [4.78, 5) is 2.42. The van der Waals surface area contributed by atoms with Crippen molar-refractivity contribution >= 4 is 0 Å². The Morgan fingerprint density at radius 2 is 2.10 bits per heavy atom. The highest BCUT2D eigenvalue weighted by Crippen LogP contribution is 2.19. The largest absolute Gasteiger partial charge is 0.381 e. The van der Waals surface area contributed by atoms with E-state index in [2.05, 4.69) is 4.90 Å². The molecule has 1 fully saturated rings. The molecule has 1 atom stereocenters. The number of aryl methyl sites for hydroxylation is 1. The average Bonchev–Trinajstić information content (AvgIpc) is 2.48. The van der Waals surface area contributed by atoms with Gasteiger partial charge in [0.15, 0.2) is 0 Å². The summed E-state index contributed by atoms with van der Waals surface area (Å²) in [5.41, 5.74) is 7.72. The number of rotatable bonds is 5. The Balaban J connectivity index is 1.80. The first kappa shape index (κ1) is 15.4. The highest BCUT2D eigenvalue weighted by atomic mass is 19.1. The molecule has 0 amide bonds. The van der Waals surface area contributed by atoms with Crippen LogP contribution in [-0.2, 0) is 4.74 Å². The summed E-state index contributed by atoms with van der Waals surface area (Å²) in [6, 6.07) is 5.21. The van der Waals surface area contributed by atoms with Crippen LogP contribution in [-0.4, -0.2) is 37.7 Å². The molecule has 3 nitrogen and oxygen atoms in total. The second-order valence-electron chi connectivity index (χ2n) is 5.68. The third-order valence-corrected chi connectivity index (χ3v) is 4.25. The Morgan fingerprint density at radius 3 is 2.70 bits per heavy atom. The lowest BCUT2D eigenvalue weighted by molar-refractivity contribution is 0.0404. The number of piperidine rings is 1. The van der Waals surface area contributed by atoms with Crippen molar-refractivity contribution in [2.75, 3.05) is 26.7 Å². The van der Waals surface area contributed by atoms with Crippen molar-refractivity contribution in [3.05, 3.63) is 35.1 Å². The van der Waals surface area contributed by atoms with Gasteiger partial charge in [-0.3, -0.25) is 0 Å². The summed E-state index contributed by atoms with van der Waals surface area (Å²) < 4.78 is 18.9. The minimum Gasteiger partial charge on any atom is -0.381 e. The number of nitrogens with zero attached hydrogens (tertiary/aromatic N) is 1. The number of methoxy groups -OCH3 is 1. The predicted octanol–water partition coefficient (Wildman–Crippen LogP) is 2.63. The van der Waals surface area contributed by atoms with Gasteiger partial charge in [-0.25, -0.2) is 4.39 Å². The van der Waals surface area contributed by atoms with Gasteiger partial charge in [-0.1, -0.05) is 12.1 Å². The zero-order chi connectivity index (χ0) is 14.5. The summed E-state index contributed by atoms with van der Waals surface area (Å²) >= 11 is 0. The molecule has 20 heavy (non-hydrogen) atoms. The van der Waals surface area contributed by atoms with E-state index in [-0.39, 0.29) is 11.9 Å². The zero-order valence-electron chi connectivity index (χ0n) is 12.4. The summed E-state index contributed by atoms with van der Waals surface area (Å²) in [7, 11) is 1.78. The third-order valence-electron chi connectivity index (χ3n) is 4.25. The molecule has 0 aromatic heterocycles. The number of hydrogen-bond donors (Lipinski definition) is 1. The van der Waals surface area contributed by atoms with Crippen LogP contribution in [0.1, 0.15) is 36.4 Å². The van der Waals surface area contributed by atoms with Crippen LogP contribution in [0.4, 0.5) is 4.39 Å². The Labute approximate surface area is 120 Å². The van der Waals surface area contributed by atoms with Gasteiger partial charge in [0.1, 0.15) is 5.82 Å². The van der Waals surface area contributed by atoms with E-state index in [9.17, 15) is 4.39 Å². The fraction of sp³-hybridized carbons (Fsp3) is 0.625. The van der Waals surface area contributed by atoms with E-state index in [4.69, 9.17) is 10.5 Å². The van der Waals surface area contributed by atoms with E-state index in [1.165, 1.54) is 0 Å². The van der Waals surface area contributed by atoms with Crippen LogP contribution in [0.25, 0.3) is 0 Å². The maximum Gasteiger partial charge on any atom is 0.126 e. The molecule has 112 valence electrons. The van der Waals surface area contributed by atoms with Gasteiger partial charge >= 0.3 is 0 Å². The highest BCUT2D eigenvalue weighted by molar-refractivity contribution is 5.25. The molecule has 2 rings (SSSR count). The number of likely N-dealkylation sites (tertiary alicyclic amines) is 1. The normalized spacial score (nSPS) is 19.2. The highest BCUT2D eigenvalue weighted by Gasteiger charge is 2.19. The number of ether oxygens (including phenoxy) is 1. The molecule has 1 unspecified atom stereocenters. The summed E-state index contributed by atoms with van der Waals surface area (Å²) in [6.45, 7) is 4.86. The van der Waals surface area contributed by atoms with Crippen molar-refractivity contribution in [2.45, 2.75) is 38.3 Å². The minimum absolute atomic E-state index is 0.0924. The molecule has 0 aliphatic carbocycles. The second kappa shape index (κ2) is 7.16. The number of hydrogen-bond acceptors (Lipinski definition) is 3. The first-order valence-electron chi connectivity index (χ1n) is 7.37. The van der Waals surface area contributed by atoms with Crippen LogP contribution in [0.5, 0.6) is 0 Å². The number of benzene rings is 1. The van der Waals surface area contributed by atoms with Crippen molar-refractivity contribution < 1.29 is 9.13 Å². The van der Waals surface area contributed by atoms with Crippen LogP contribution in [0, 0.1) is 12.7 Å². The first-order valence-corrected chi connectivity index (χ1v) is 7.37. The molecular weight excluding hydrogens is 255 g/mol. The van der Waals surface area contributed by atoms with Crippen molar-refractivity contribution in [3.8, 4) is 0 Å². The van der Waals surface area contributed by atoms with E-state index >= 15 is 0 Å². The Bertz CT molecular complexity index is 430. The van der Waals surface area contributed by atoms with Crippen molar-refractivity contribution in [1.82, 2.24) is 4.90 Å². The molecule has 1 aromatic carbocycles. The molecule has 4 heteroatoms. The second-order valence-corrected chi connectivity index (χ2v) is 5.68. The van der Waals surface area contributed by atoms with Gasteiger partial charge in [0.05, 0.1) is 6.10 Å². The molecular formula is C16H25FN2O. The summed E-state index contributed by atoms with van der Waals surface area (Å²) in [5, 5.41) is 0. The summed E-state index contributed by atoms with van der Waals surface area (Å²) in [5.74, 6) is -0.168. The maximum atomic E-state index is 13.5. The van der Waals surface area contributed by atoms with Crippen LogP contribution in [0.3, 0.4) is 0 Å². The lowest BCUT2D eigenvalue weighted by atomic mass is 10.0. The Kier molecular flexibility index (Phi) is 5.52. The molecule has 1 saturated heterocycles. The Morgan fingerprint density at radius 1 is 1.40 bits per heavy atom. The molecule has 0 saturated carbocycles. The van der Waals surface area contributed by atoms with Crippen LogP contribution < -0.4 is 5.73 Å². The lowest BCUT2D eigenvalue weighted by Gasteiger charge is -2.31. The van der Waals surface area contributed by atoms with Gasteiger partial charge in [-0.2, -0.15) is 0 Å². The molecule has 2 N–H and O–H groups in total. The van der Waals surface area contributed by atoms with Crippen LogP contribution >= 0.6 is 0 Å². The third kappa shape index (κ3) is 4.01. The quantitative estimate of drug-likeness (QED) is 0.901. The van der Waals surface area contributed by atoms with E-state index < -0.39 is 0 Å². The van der Waals surface area contributed by atoms with Gasteiger partial charge in [0.2, 0.25) is 0 Å². The molecule has 0 bridgehead atoms. The standard InChI is InChI=1S/C16H25FN2O/c1-12-3-4-13(11-15(12)17)16(18)7-10-19-8-5-14(20-2)6-9-19/h3-4,11,14,16H,5-10,18H2,1-2H3. The molecule has 1 aliphatic rings. The maximum absolute atomic E-state index is 13.5. The number of halogens is 1. The molecule has 1 aromatic rings. The Hall–Kier alpha value is -0.970. The average molecular weight is 280 g/mol. The predicted molar refractivity (Wildman–Crippen MR) is 79.2 cm³/mol. The van der Waals surface area contributed by atoms with Gasteiger partial charge < -0.3 is 15.4 Å². The van der Waals surface area contributed by atoms with Gasteiger partial charge in [0.25, 0.3) is 0 Å². The minimum atomic E-state index is -0.168. The molecule has 1 aliphatic heterocycles. The summed E-state index contributed by atoms with van der Waals surface area (Å²) in [6.07, 6.45) is 3.45. The van der Waals surface area contributed by atoms with E-state index in [0.29, 0.717) is 11.7 Å². The van der Waals surface area contributed by atoms with Gasteiger partial charge in [0, 0.05) is 26.2 Å². The molecule has 0 spiro atoms. The lowest BCUT2D eigenvalue weighted by Crippen LogP contribution is -2.38. The van der Waals surface area contributed by atoms with E-state index in [1.54, 1.807) is 26.2 Å². The van der Waals surface area contributed by atoms with Crippen LogP contribution in [0.2, 0.25) is 0 Å². The smallest absolute Gasteiger partial charge is 0.126 e. The van der Waals surface area contributed by atoms with Gasteiger partial charge in [-0.15, -0.1) is 0 Å². The zero-order valence-corrected chi connectivity index (χ0v) is 12.4. The van der Waals surface area contributed by atoms with E-state index in [0.717, 1.165) is 44.5 Å². The van der Waals surface area contributed by atoms with Crippen molar-refractivity contribution in [2.24, 2.45) is 5.73 Å². The monoisotopic (exact) mass is 280 g/mol. The van der Waals surface area contributed by atoms with Crippen molar-refractivity contribution in [1.29, 1.82) is 0 Å². The van der Waals surface area contributed by atoms with Gasteiger partial charge in [-0.05, 0) is 49.9 Å². The molecule has 0 radical (unpaired) electrons. The molecule has 1 heterocycles. The van der Waals surface area contributed by atoms with E-state index in [1.807, 2.05) is 6.07 Å². The SMILES string of the molecule is COC1CCN(CCC(N)c2ccc(C)c(F)c2)CC1. The van der Waals surface area contributed by atoms with Crippen LogP contribution in [0.15, 0.2) is 18.2 Å². The first-order chi connectivity index (χ1) is 9.60. The fourth-order valence-corrected chi connectivity index (χ4v) is 2.70. The topological polar surface area (TPSA) is 38.5 Å². The fourth-order valence-electron chi connectivity index (χ4n) is 2.70.